The van der Waals surface area contributed by atoms with E-state index in [9.17, 15) is 9.18 Å². The largest absolute Gasteiger partial charge is 0.398 e. The van der Waals surface area contributed by atoms with Crippen LogP contribution >= 0.6 is 0 Å². The number of hydrogen-bond donors (Lipinski definition) is 1. The van der Waals surface area contributed by atoms with E-state index >= 15 is 0 Å². The number of nitrogens with two attached hydrogens (primary N) is 1. The van der Waals surface area contributed by atoms with E-state index in [1.54, 1.807) is 13.1 Å². The summed E-state index contributed by atoms with van der Waals surface area (Å²) in [6, 6.07) is 13.4. The lowest BCUT2D eigenvalue weighted by molar-refractivity contribution is 0.0990. The van der Waals surface area contributed by atoms with E-state index in [-0.39, 0.29) is 17.3 Å². The van der Waals surface area contributed by atoms with Crippen molar-refractivity contribution in [3.63, 3.8) is 0 Å². The molecule has 0 radical (unpaired) electrons. The summed E-state index contributed by atoms with van der Waals surface area (Å²) >= 11 is 0. The average Bonchev–Trinajstić information content (AvgIpc) is 2.54. The Labute approximate surface area is 127 Å². The molecular weight excluding hydrogens is 281 g/mol. The summed E-state index contributed by atoms with van der Waals surface area (Å²) in [4.78, 5) is 18.3. The molecule has 110 valence electrons. The molecule has 0 bridgehead atoms. The predicted octanol–water partition coefficient (Wildman–Crippen LogP) is 3.23. The molecular formula is C17H14FN3O. The summed E-state index contributed by atoms with van der Waals surface area (Å²) < 4.78 is 13.6. The average molecular weight is 295 g/mol. The zero-order valence-electron chi connectivity index (χ0n) is 12.0. The minimum absolute atomic E-state index is 0.176. The molecule has 0 aliphatic rings. The zero-order chi connectivity index (χ0) is 15.7. The first-order valence-corrected chi connectivity index (χ1v) is 6.75. The topological polar surface area (TPSA) is 59.2 Å². The van der Waals surface area contributed by atoms with Crippen LogP contribution in [0.4, 0.5) is 15.8 Å². The zero-order valence-corrected chi connectivity index (χ0v) is 12.0. The van der Waals surface area contributed by atoms with Crippen molar-refractivity contribution in [1.29, 1.82) is 0 Å². The summed E-state index contributed by atoms with van der Waals surface area (Å²) in [6.07, 6.45) is 1.50. The Morgan fingerprint density at radius 2 is 1.86 bits per heavy atom. The molecule has 1 heterocycles. The van der Waals surface area contributed by atoms with Gasteiger partial charge in [0.15, 0.2) is 0 Å². The first-order chi connectivity index (χ1) is 10.6. The van der Waals surface area contributed by atoms with Gasteiger partial charge in [0, 0.05) is 35.4 Å². The van der Waals surface area contributed by atoms with E-state index in [0.717, 1.165) is 5.69 Å². The van der Waals surface area contributed by atoms with Gasteiger partial charge in [0.05, 0.1) is 0 Å². The Balaban J connectivity index is 2.12. The number of carbonyl (C=O) groups is 1. The van der Waals surface area contributed by atoms with Crippen LogP contribution in [0.25, 0.3) is 10.8 Å². The Kier molecular flexibility index (Phi) is 3.47. The number of fused-ring (bicyclic) bond motifs is 1. The van der Waals surface area contributed by atoms with E-state index in [2.05, 4.69) is 4.98 Å². The number of hydrogen-bond acceptors (Lipinski definition) is 3. The van der Waals surface area contributed by atoms with Gasteiger partial charge in [-0.05, 0) is 30.3 Å². The highest BCUT2D eigenvalue weighted by atomic mass is 19.1. The SMILES string of the molecule is CN(C(=O)c1nccc2c(N)cc(F)cc12)c1ccccc1. The van der Waals surface area contributed by atoms with E-state index in [1.165, 1.54) is 23.2 Å². The Hall–Kier alpha value is -2.95. The third kappa shape index (κ3) is 2.37. The maximum absolute atomic E-state index is 13.6. The summed E-state index contributed by atoms with van der Waals surface area (Å²) in [5.41, 5.74) is 7.01. The van der Waals surface area contributed by atoms with Crippen LogP contribution in [0.5, 0.6) is 0 Å². The molecule has 5 heteroatoms. The molecule has 3 aromatic rings. The number of rotatable bonds is 2. The Morgan fingerprint density at radius 3 is 2.59 bits per heavy atom. The first kappa shape index (κ1) is 14.0. The molecule has 0 aliphatic heterocycles. The normalized spacial score (nSPS) is 10.6. The van der Waals surface area contributed by atoms with Crippen molar-refractivity contribution in [3.8, 4) is 0 Å². The second kappa shape index (κ2) is 5.44. The lowest BCUT2D eigenvalue weighted by Crippen LogP contribution is -2.27. The molecule has 2 aromatic carbocycles. The van der Waals surface area contributed by atoms with Crippen LogP contribution in [0.3, 0.4) is 0 Å². The molecule has 0 saturated carbocycles. The van der Waals surface area contributed by atoms with Crippen molar-refractivity contribution in [3.05, 3.63) is 66.2 Å². The number of benzene rings is 2. The van der Waals surface area contributed by atoms with E-state index in [4.69, 9.17) is 5.73 Å². The maximum Gasteiger partial charge on any atom is 0.277 e. The van der Waals surface area contributed by atoms with Crippen LogP contribution in [0.1, 0.15) is 10.5 Å². The molecule has 0 fully saturated rings. The highest BCUT2D eigenvalue weighted by molar-refractivity contribution is 6.13. The van der Waals surface area contributed by atoms with Crippen molar-refractivity contribution < 1.29 is 9.18 Å². The van der Waals surface area contributed by atoms with Crippen LogP contribution in [-0.4, -0.2) is 17.9 Å². The number of amides is 1. The molecule has 1 aromatic heterocycles. The van der Waals surface area contributed by atoms with Gasteiger partial charge >= 0.3 is 0 Å². The van der Waals surface area contributed by atoms with Gasteiger partial charge in [-0.3, -0.25) is 9.78 Å². The fourth-order valence-electron chi connectivity index (χ4n) is 2.38. The standard InChI is InChI=1S/C17H14FN3O/c1-21(12-5-3-2-4-6-12)17(22)16-14-9-11(18)10-15(19)13(14)7-8-20-16/h2-10H,19H2,1H3. The van der Waals surface area contributed by atoms with E-state index in [0.29, 0.717) is 10.8 Å². The van der Waals surface area contributed by atoms with Gasteiger partial charge < -0.3 is 10.6 Å². The molecule has 0 atom stereocenters. The van der Waals surface area contributed by atoms with Gasteiger partial charge in [0.25, 0.3) is 5.91 Å². The van der Waals surface area contributed by atoms with Crippen molar-refractivity contribution in [1.82, 2.24) is 4.98 Å². The van der Waals surface area contributed by atoms with Crippen molar-refractivity contribution in [2.45, 2.75) is 0 Å². The van der Waals surface area contributed by atoms with Crippen LogP contribution in [-0.2, 0) is 0 Å². The number of anilines is 2. The van der Waals surface area contributed by atoms with Gasteiger partial charge in [0.1, 0.15) is 11.5 Å². The highest BCUT2D eigenvalue weighted by Gasteiger charge is 2.18. The minimum Gasteiger partial charge on any atom is -0.398 e. The van der Waals surface area contributed by atoms with Gasteiger partial charge in [-0.25, -0.2) is 4.39 Å². The number of aromatic nitrogens is 1. The summed E-state index contributed by atoms with van der Waals surface area (Å²) in [5, 5.41) is 1.02. The van der Waals surface area contributed by atoms with Crippen molar-refractivity contribution in [2.75, 3.05) is 17.7 Å². The number of para-hydroxylation sites is 1. The van der Waals surface area contributed by atoms with E-state index in [1.807, 2.05) is 30.3 Å². The molecule has 1 amide bonds. The maximum atomic E-state index is 13.6. The Morgan fingerprint density at radius 1 is 1.14 bits per heavy atom. The molecule has 0 spiro atoms. The third-order valence-corrected chi connectivity index (χ3v) is 3.53. The lowest BCUT2D eigenvalue weighted by Gasteiger charge is -2.18. The van der Waals surface area contributed by atoms with E-state index < -0.39 is 5.82 Å². The Bertz CT molecular complexity index is 849. The highest BCUT2D eigenvalue weighted by Crippen LogP contribution is 2.26. The smallest absolute Gasteiger partial charge is 0.277 e. The summed E-state index contributed by atoms with van der Waals surface area (Å²) in [6.45, 7) is 0. The van der Waals surface area contributed by atoms with Crippen LogP contribution in [0.15, 0.2) is 54.7 Å². The third-order valence-electron chi connectivity index (χ3n) is 3.53. The fourth-order valence-corrected chi connectivity index (χ4v) is 2.38. The fraction of sp³-hybridized carbons (Fsp3) is 0.0588. The number of carbonyl (C=O) groups excluding carboxylic acids is 1. The molecule has 4 nitrogen and oxygen atoms in total. The number of pyridine rings is 1. The lowest BCUT2D eigenvalue weighted by atomic mass is 10.1. The molecule has 22 heavy (non-hydrogen) atoms. The number of nitrogens with zero attached hydrogens (tertiary/aromatic N) is 2. The second-order valence-corrected chi connectivity index (χ2v) is 4.95. The molecule has 0 saturated heterocycles. The van der Waals surface area contributed by atoms with Gasteiger partial charge in [-0.1, -0.05) is 18.2 Å². The summed E-state index contributed by atoms with van der Waals surface area (Å²) in [5.74, 6) is -0.809. The van der Waals surface area contributed by atoms with Crippen LogP contribution in [0, 0.1) is 5.82 Å². The quantitative estimate of drug-likeness (QED) is 0.738. The summed E-state index contributed by atoms with van der Waals surface area (Å²) in [7, 11) is 1.65. The molecule has 0 aliphatic carbocycles. The van der Waals surface area contributed by atoms with Crippen molar-refractivity contribution >= 4 is 28.1 Å². The predicted molar refractivity (Wildman–Crippen MR) is 85.3 cm³/mol. The minimum atomic E-state index is -0.491. The van der Waals surface area contributed by atoms with Gasteiger partial charge in [-0.2, -0.15) is 0 Å². The second-order valence-electron chi connectivity index (χ2n) is 4.95. The molecule has 2 N–H and O–H groups in total. The number of halogens is 1. The van der Waals surface area contributed by atoms with Gasteiger partial charge in [0.2, 0.25) is 0 Å². The van der Waals surface area contributed by atoms with Crippen LogP contribution < -0.4 is 10.6 Å². The molecule has 3 rings (SSSR count). The monoisotopic (exact) mass is 295 g/mol. The van der Waals surface area contributed by atoms with Crippen LogP contribution in [0.2, 0.25) is 0 Å². The number of nitrogen functional groups attached to an aromatic ring is 1. The first-order valence-electron chi connectivity index (χ1n) is 6.75. The molecule has 0 unspecified atom stereocenters. The van der Waals surface area contributed by atoms with Gasteiger partial charge in [-0.15, -0.1) is 0 Å². The van der Waals surface area contributed by atoms with Crippen molar-refractivity contribution in [2.24, 2.45) is 0 Å².